The summed E-state index contributed by atoms with van der Waals surface area (Å²) in [5.74, 6) is 0.236. The van der Waals surface area contributed by atoms with Crippen molar-refractivity contribution in [3.8, 4) is 17.0 Å². The average molecular weight is 326 g/mol. The molecule has 21 heavy (non-hydrogen) atoms. The van der Waals surface area contributed by atoms with Gasteiger partial charge in [-0.05, 0) is 18.2 Å². The van der Waals surface area contributed by atoms with Crippen LogP contribution in [0.1, 0.15) is 6.92 Å². The number of benzene rings is 1. The number of methoxy groups -OCH3 is 1. The van der Waals surface area contributed by atoms with E-state index >= 15 is 0 Å². The van der Waals surface area contributed by atoms with Crippen molar-refractivity contribution >= 4 is 34.0 Å². The lowest BCUT2D eigenvalue weighted by Crippen LogP contribution is -2.26. The van der Waals surface area contributed by atoms with Crippen LogP contribution in [-0.4, -0.2) is 24.5 Å². The Morgan fingerprint density at radius 2 is 2.33 bits per heavy atom. The molecule has 0 fully saturated rings. The van der Waals surface area contributed by atoms with Crippen LogP contribution in [0.5, 0.6) is 5.75 Å². The highest BCUT2D eigenvalue weighted by molar-refractivity contribution is 7.14. The van der Waals surface area contributed by atoms with Crippen LogP contribution in [0.15, 0.2) is 23.6 Å². The van der Waals surface area contributed by atoms with Crippen LogP contribution in [0, 0.1) is 5.92 Å². The van der Waals surface area contributed by atoms with Gasteiger partial charge < -0.3 is 15.8 Å². The van der Waals surface area contributed by atoms with Crippen molar-refractivity contribution < 1.29 is 9.53 Å². The molecule has 2 aromatic rings. The minimum atomic E-state index is -0.243. The van der Waals surface area contributed by atoms with Crippen molar-refractivity contribution in [2.75, 3.05) is 19.0 Å². The van der Waals surface area contributed by atoms with Gasteiger partial charge in [0.25, 0.3) is 0 Å². The zero-order valence-electron chi connectivity index (χ0n) is 11.7. The molecule has 1 unspecified atom stereocenters. The number of anilines is 1. The quantitative estimate of drug-likeness (QED) is 0.886. The Balaban J connectivity index is 2.16. The molecule has 0 aliphatic rings. The van der Waals surface area contributed by atoms with E-state index in [0.717, 1.165) is 11.3 Å². The van der Waals surface area contributed by atoms with E-state index in [2.05, 4.69) is 10.3 Å². The Labute approximate surface area is 132 Å². The number of nitrogens with one attached hydrogen (secondary N) is 1. The van der Waals surface area contributed by atoms with Gasteiger partial charge in [0.15, 0.2) is 5.13 Å². The number of nitrogens with two attached hydrogens (primary N) is 1. The van der Waals surface area contributed by atoms with E-state index in [4.69, 9.17) is 22.1 Å². The molecule has 0 aliphatic carbocycles. The first-order chi connectivity index (χ1) is 10.0. The molecule has 1 heterocycles. The minimum Gasteiger partial charge on any atom is -0.495 e. The van der Waals surface area contributed by atoms with E-state index < -0.39 is 0 Å². The van der Waals surface area contributed by atoms with Crippen molar-refractivity contribution in [1.82, 2.24) is 4.98 Å². The summed E-state index contributed by atoms with van der Waals surface area (Å²) in [5.41, 5.74) is 7.08. The molecular formula is C14H16ClN3O2S. The van der Waals surface area contributed by atoms with E-state index in [1.807, 2.05) is 11.4 Å². The normalized spacial score (nSPS) is 12.0. The van der Waals surface area contributed by atoms with Gasteiger partial charge in [-0.1, -0.05) is 18.5 Å². The molecular weight excluding hydrogens is 310 g/mol. The predicted octanol–water partition coefficient (Wildman–Crippen LogP) is 3.01. The maximum Gasteiger partial charge on any atom is 0.230 e. The summed E-state index contributed by atoms with van der Waals surface area (Å²) in [5, 5.41) is 5.68. The number of hydrogen-bond donors (Lipinski definition) is 2. The van der Waals surface area contributed by atoms with E-state index in [1.165, 1.54) is 11.3 Å². The lowest BCUT2D eigenvalue weighted by molar-refractivity contribution is -0.119. The summed E-state index contributed by atoms with van der Waals surface area (Å²) in [7, 11) is 1.57. The molecule has 0 bridgehead atoms. The van der Waals surface area contributed by atoms with Crippen LogP contribution in [0.4, 0.5) is 5.13 Å². The number of carbonyl (C=O) groups excluding carboxylic acids is 1. The van der Waals surface area contributed by atoms with Gasteiger partial charge in [-0.15, -0.1) is 11.3 Å². The summed E-state index contributed by atoms with van der Waals surface area (Å²) < 4.78 is 5.11. The fourth-order valence-electron chi connectivity index (χ4n) is 1.63. The van der Waals surface area contributed by atoms with Crippen molar-refractivity contribution in [1.29, 1.82) is 0 Å². The molecule has 1 aromatic heterocycles. The first kappa shape index (κ1) is 15.8. The Bertz CT molecular complexity index is 645. The first-order valence-corrected chi connectivity index (χ1v) is 7.61. The standard InChI is InChI=1S/C14H16ClN3O2S/c1-8(6-16)13(19)18-14-17-11(7-21-14)9-3-4-12(20-2)10(15)5-9/h3-5,7-8H,6,16H2,1-2H3,(H,17,18,19). The molecule has 2 rings (SSSR count). The summed E-state index contributed by atoms with van der Waals surface area (Å²) in [6.07, 6.45) is 0. The number of aromatic nitrogens is 1. The topological polar surface area (TPSA) is 77.2 Å². The molecule has 1 amide bonds. The van der Waals surface area contributed by atoms with Crippen LogP contribution in [0.2, 0.25) is 5.02 Å². The second-order valence-electron chi connectivity index (χ2n) is 4.51. The van der Waals surface area contributed by atoms with Gasteiger partial charge in [0.2, 0.25) is 5.91 Å². The fraction of sp³-hybridized carbons (Fsp3) is 0.286. The highest BCUT2D eigenvalue weighted by atomic mass is 35.5. The first-order valence-electron chi connectivity index (χ1n) is 6.35. The monoisotopic (exact) mass is 325 g/mol. The molecule has 0 aliphatic heterocycles. The van der Waals surface area contributed by atoms with Gasteiger partial charge in [0, 0.05) is 23.4 Å². The number of ether oxygens (including phenoxy) is 1. The third kappa shape index (κ3) is 3.72. The zero-order chi connectivity index (χ0) is 15.4. The van der Waals surface area contributed by atoms with Crippen LogP contribution >= 0.6 is 22.9 Å². The highest BCUT2D eigenvalue weighted by Gasteiger charge is 2.13. The van der Waals surface area contributed by atoms with Crippen molar-refractivity contribution in [2.24, 2.45) is 11.7 Å². The zero-order valence-corrected chi connectivity index (χ0v) is 13.3. The minimum absolute atomic E-state index is 0.133. The lowest BCUT2D eigenvalue weighted by Gasteiger charge is -2.07. The Morgan fingerprint density at radius 1 is 1.57 bits per heavy atom. The largest absolute Gasteiger partial charge is 0.495 e. The van der Waals surface area contributed by atoms with E-state index in [9.17, 15) is 4.79 Å². The van der Waals surface area contributed by atoms with Gasteiger partial charge in [0.05, 0.1) is 17.8 Å². The van der Waals surface area contributed by atoms with Crippen LogP contribution < -0.4 is 15.8 Å². The average Bonchev–Trinajstić information content (AvgIpc) is 2.94. The Hall–Kier alpha value is -1.63. The second kappa shape index (κ2) is 6.89. The van der Waals surface area contributed by atoms with Gasteiger partial charge in [-0.25, -0.2) is 4.98 Å². The number of halogens is 1. The smallest absolute Gasteiger partial charge is 0.230 e. The number of amides is 1. The fourth-order valence-corrected chi connectivity index (χ4v) is 2.61. The maximum atomic E-state index is 11.8. The SMILES string of the molecule is COc1ccc(-c2csc(NC(=O)C(C)CN)n2)cc1Cl. The molecule has 0 saturated carbocycles. The van der Waals surface area contributed by atoms with Gasteiger partial charge in [0.1, 0.15) is 5.75 Å². The van der Waals surface area contributed by atoms with Crippen LogP contribution in [0.25, 0.3) is 11.3 Å². The van der Waals surface area contributed by atoms with E-state index in [-0.39, 0.29) is 11.8 Å². The van der Waals surface area contributed by atoms with Crippen LogP contribution in [0.3, 0.4) is 0 Å². The lowest BCUT2D eigenvalue weighted by atomic mass is 10.1. The summed E-state index contributed by atoms with van der Waals surface area (Å²) >= 11 is 7.46. The molecule has 7 heteroatoms. The second-order valence-corrected chi connectivity index (χ2v) is 5.78. The van der Waals surface area contributed by atoms with Crippen molar-refractivity contribution in [2.45, 2.75) is 6.92 Å². The predicted molar refractivity (Wildman–Crippen MR) is 86.0 cm³/mol. The number of thiazole rings is 1. The molecule has 0 saturated heterocycles. The number of rotatable bonds is 5. The van der Waals surface area contributed by atoms with Crippen molar-refractivity contribution in [3.05, 3.63) is 28.6 Å². The molecule has 1 atom stereocenters. The highest BCUT2D eigenvalue weighted by Crippen LogP contribution is 2.31. The molecule has 1 aromatic carbocycles. The molecule has 112 valence electrons. The Morgan fingerprint density at radius 3 is 2.95 bits per heavy atom. The third-order valence-corrected chi connectivity index (χ3v) is 4.04. The third-order valence-electron chi connectivity index (χ3n) is 2.98. The summed E-state index contributed by atoms with van der Waals surface area (Å²) in [6, 6.07) is 5.43. The van der Waals surface area contributed by atoms with Gasteiger partial charge in [-0.3, -0.25) is 4.79 Å². The van der Waals surface area contributed by atoms with Gasteiger partial charge in [-0.2, -0.15) is 0 Å². The van der Waals surface area contributed by atoms with Crippen LogP contribution in [-0.2, 0) is 4.79 Å². The van der Waals surface area contributed by atoms with E-state index in [1.54, 1.807) is 26.2 Å². The van der Waals surface area contributed by atoms with Crippen molar-refractivity contribution in [3.63, 3.8) is 0 Å². The molecule has 5 nitrogen and oxygen atoms in total. The summed E-state index contributed by atoms with van der Waals surface area (Å²) in [6.45, 7) is 2.07. The van der Waals surface area contributed by atoms with Gasteiger partial charge >= 0.3 is 0 Å². The van der Waals surface area contributed by atoms with E-state index in [0.29, 0.717) is 22.4 Å². The number of carbonyl (C=O) groups is 1. The molecule has 0 radical (unpaired) electrons. The number of nitrogens with zero attached hydrogens (tertiary/aromatic N) is 1. The summed E-state index contributed by atoms with van der Waals surface area (Å²) in [4.78, 5) is 16.1. The number of hydrogen-bond acceptors (Lipinski definition) is 5. The maximum absolute atomic E-state index is 11.8. The Kier molecular flexibility index (Phi) is 5.17. The molecule has 0 spiro atoms. The molecule has 3 N–H and O–H groups in total.